The van der Waals surface area contributed by atoms with E-state index >= 15 is 0 Å². The van der Waals surface area contributed by atoms with E-state index in [1.54, 1.807) is 0 Å². The molecule has 0 amide bonds. The predicted octanol–water partition coefficient (Wildman–Crippen LogP) is 3.31. The van der Waals surface area contributed by atoms with Crippen molar-refractivity contribution in [3.05, 3.63) is 30.1 Å². The smallest absolute Gasteiger partial charge is 0.143 e. The minimum atomic E-state index is 0.547. The number of hydrogen-bond donors (Lipinski definition) is 1. The van der Waals surface area contributed by atoms with Crippen LogP contribution in [-0.2, 0) is 6.42 Å². The van der Waals surface area contributed by atoms with Crippen LogP contribution >= 0.6 is 0 Å². The van der Waals surface area contributed by atoms with Crippen molar-refractivity contribution < 1.29 is 0 Å². The van der Waals surface area contributed by atoms with Crippen molar-refractivity contribution in [3.8, 4) is 5.82 Å². The molecule has 2 aromatic rings. The largest absolute Gasteiger partial charge is 0.370 e. The molecule has 0 atom stereocenters. The van der Waals surface area contributed by atoms with Gasteiger partial charge in [-0.3, -0.25) is 4.57 Å². The predicted molar refractivity (Wildman–Crippen MR) is 83.9 cm³/mol. The molecule has 1 saturated carbocycles. The summed E-state index contributed by atoms with van der Waals surface area (Å²) in [5.41, 5.74) is 0. The van der Waals surface area contributed by atoms with Gasteiger partial charge in [-0.05, 0) is 25.7 Å². The Morgan fingerprint density at radius 3 is 2.81 bits per heavy atom. The molecule has 1 N–H and O–H groups in total. The van der Waals surface area contributed by atoms with Crippen LogP contribution in [0.15, 0.2) is 18.5 Å². The van der Waals surface area contributed by atoms with Gasteiger partial charge < -0.3 is 5.32 Å². The summed E-state index contributed by atoms with van der Waals surface area (Å²) in [4.78, 5) is 13.9. The second kappa shape index (κ2) is 6.24. The summed E-state index contributed by atoms with van der Waals surface area (Å²) in [6.07, 6.45) is 9.40. The van der Waals surface area contributed by atoms with Crippen molar-refractivity contribution >= 4 is 5.82 Å². The molecule has 0 aromatic carbocycles. The fourth-order valence-corrected chi connectivity index (χ4v) is 2.40. The van der Waals surface area contributed by atoms with E-state index in [1.807, 2.05) is 18.5 Å². The molecule has 112 valence electrons. The molecule has 3 rings (SSSR count). The molecule has 0 saturated heterocycles. The van der Waals surface area contributed by atoms with Crippen molar-refractivity contribution in [1.29, 1.82) is 0 Å². The van der Waals surface area contributed by atoms with Gasteiger partial charge in [0, 0.05) is 37.3 Å². The number of nitrogens with one attached hydrogen (secondary N) is 1. The van der Waals surface area contributed by atoms with E-state index in [9.17, 15) is 0 Å². The molecule has 1 aliphatic carbocycles. The minimum Gasteiger partial charge on any atom is -0.370 e. The van der Waals surface area contributed by atoms with Crippen LogP contribution in [-0.4, -0.2) is 26.1 Å². The monoisotopic (exact) mass is 285 g/mol. The molecule has 1 fully saturated rings. The first-order chi connectivity index (χ1) is 10.3. The van der Waals surface area contributed by atoms with Gasteiger partial charge >= 0.3 is 0 Å². The summed E-state index contributed by atoms with van der Waals surface area (Å²) in [6.45, 7) is 5.27. The number of imidazole rings is 1. The number of aryl methyl sites for hydroxylation is 1. The van der Waals surface area contributed by atoms with Gasteiger partial charge in [0.15, 0.2) is 0 Å². The van der Waals surface area contributed by atoms with E-state index in [2.05, 4.69) is 33.7 Å². The SMILES string of the molecule is CCCNc1cc(-n2ccnc2CCC)nc(C2CC2)n1. The lowest BCUT2D eigenvalue weighted by atomic mass is 10.3. The Balaban J connectivity index is 1.95. The number of hydrogen-bond acceptors (Lipinski definition) is 4. The van der Waals surface area contributed by atoms with Crippen molar-refractivity contribution in [3.63, 3.8) is 0 Å². The van der Waals surface area contributed by atoms with Gasteiger partial charge in [0.25, 0.3) is 0 Å². The molecule has 2 aromatic heterocycles. The first-order valence-electron chi connectivity index (χ1n) is 7.97. The second-order valence-electron chi connectivity index (χ2n) is 5.63. The van der Waals surface area contributed by atoms with Gasteiger partial charge in [-0.1, -0.05) is 13.8 Å². The van der Waals surface area contributed by atoms with E-state index in [0.29, 0.717) is 5.92 Å². The van der Waals surface area contributed by atoms with E-state index in [-0.39, 0.29) is 0 Å². The highest BCUT2D eigenvalue weighted by Gasteiger charge is 2.27. The lowest BCUT2D eigenvalue weighted by Crippen LogP contribution is -2.09. The van der Waals surface area contributed by atoms with Crippen molar-refractivity contribution in [2.45, 2.75) is 51.9 Å². The fourth-order valence-electron chi connectivity index (χ4n) is 2.40. The molecule has 0 aliphatic heterocycles. The Labute approximate surface area is 125 Å². The van der Waals surface area contributed by atoms with Gasteiger partial charge in [0.05, 0.1) is 0 Å². The van der Waals surface area contributed by atoms with Crippen molar-refractivity contribution in [2.24, 2.45) is 0 Å². The van der Waals surface area contributed by atoms with Crippen LogP contribution in [0.2, 0.25) is 0 Å². The Bertz CT molecular complexity index is 600. The van der Waals surface area contributed by atoms with Crippen LogP contribution < -0.4 is 5.32 Å². The number of rotatable bonds is 7. The normalized spacial score (nSPS) is 14.4. The Hall–Kier alpha value is -1.91. The quantitative estimate of drug-likeness (QED) is 0.848. The third-order valence-electron chi connectivity index (χ3n) is 3.67. The summed E-state index contributed by atoms with van der Waals surface area (Å²) in [5, 5.41) is 3.39. The average molecular weight is 285 g/mol. The maximum absolute atomic E-state index is 4.76. The van der Waals surface area contributed by atoms with E-state index in [1.165, 1.54) is 12.8 Å². The molecular weight excluding hydrogens is 262 g/mol. The average Bonchev–Trinajstić information content (AvgIpc) is 3.25. The third-order valence-corrected chi connectivity index (χ3v) is 3.67. The molecule has 0 spiro atoms. The summed E-state index contributed by atoms with van der Waals surface area (Å²) < 4.78 is 2.09. The van der Waals surface area contributed by atoms with Crippen molar-refractivity contribution in [1.82, 2.24) is 19.5 Å². The minimum absolute atomic E-state index is 0.547. The topological polar surface area (TPSA) is 55.6 Å². The van der Waals surface area contributed by atoms with Gasteiger partial charge in [0.2, 0.25) is 0 Å². The number of anilines is 1. The van der Waals surface area contributed by atoms with E-state index in [0.717, 1.165) is 49.1 Å². The number of aromatic nitrogens is 4. The first kappa shape index (κ1) is 14.0. The number of nitrogens with zero attached hydrogens (tertiary/aromatic N) is 4. The Morgan fingerprint density at radius 2 is 2.10 bits per heavy atom. The fraction of sp³-hybridized carbons (Fsp3) is 0.562. The molecule has 21 heavy (non-hydrogen) atoms. The van der Waals surface area contributed by atoms with Crippen molar-refractivity contribution in [2.75, 3.05) is 11.9 Å². The zero-order valence-electron chi connectivity index (χ0n) is 12.8. The molecule has 0 bridgehead atoms. The van der Waals surface area contributed by atoms with Crippen LogP contribution in [0.4, 0.5) is 5.82 Å². The molecule has 0 radical (unpaired) electrons. The molecular formula is C16H23N5. The zero-order valence-corrected chi connectivity index (χ0v) is 12.8. The highest BCUT2D eigenvalue weighted by Crippen LogP contribution is 2.38. The summed E-state index contributed by atoms with van der Waals surface area (Å²) in [7, 11) is 0. The van der Waals surface area contributed by atoms with E-state index in [4.69, 9.17) is 4.98 Å². The van der Waals surface area contributed by atoms with Gasteiger partial charge in [0.1, 0.15) is 23.3 Å². The highest BCUT2D eigenvalue weighted by molar-refractivity contribution is 5.43. The van der Waals surface area contributed by atoms with Crippen LogP contribution in [0.3, 0.4) is 0 Å². The molecule has 2 heterocycles. The summed E-state index contributed by atoms with van der Waals surface area (Å²) in [5.74, 6) is 4.46. The Kier molecular flexibility index (Phi) is 4.18. The van der Waals surface area contributed by atoms with Gasteiger partial charge in [-0.25, -0.2) is 15.0 Å². The second-order valence-corrected chi connectivity index (χ2v) is 5.63. The maximum atomic E-state index is 4.76. The van der Waals surface area contributed by atoms with Gasteiger partial charge in [-0.15, -0.1) is 0 Å². The lowest BCUT2D eigenvalue weighted by molar-refractivity contribution is 0.785. The van der Waals surface area contributed by atoms with E-state index < -0.39 is 0 Å². The molecule has 5 heteroatoms. The zero-order chi connectivity index (χ0) is 14.7. The van der Waals surface area contributed by atoms with Gasteiger partial charge in [-0.2, -0.15) is 0 Å². The standard InChI is InChI=1S/C16H23N5/c1-3-5-14-18-9-10-21(14)15-11-13(17-8-4-2)19-16(20-15)12-6-7-12/h9-12H,3-8H2,1-2H3,(H,17,19,20). The summed E-state index contributed by atoms with van der Waals surface area (Å²) >= 11 is 0. The first-order valence-corrected chi connectivity index (χ1v) is 7.97. The maximum Gasteiger partial charge on any atom is 0.143 e. The molecule has 5 nitrogen and oxygen atoms in total. The molecule has 0 unspecified atom stereocenters. The van der Waals surface area contributed by atoms with Crippen LogP contribution in [0.1, 0.15) is 57.1 Å². The van der Waals surface area contributed by atoms with Crippen LogP contribution in [0, 0.1) is 0 Å². The highest BCUT2D eigenvalue weighted by atomic mass is 15.2. The van der Waals surface area contributed by atoms with Crippen LogP contribution in [0.25, 0.3) is 5.82 Å². The summed E-state index contributed by atoms with van der Waals surface area (Å²) in [6, 6.07) is 2.03. The molecule has 1 aliphatic rings. The third kappa shape index (κ3) is 3.23. The lowest BCUT2D eigenvalue weighted by Gasteiger charge is -2.11. The van der Waals surface area contributed by atoms with Crippen LogP contribution in [0.5, 0.6) is 0 Å². The Morgan fingerprint density at radius 1 is 1.24 bits per heavy atom.